The van der Waals surface area contributed by atoms with Gasteiger partial charge < -0.3 is 15.0 Å². The van der Waals surface area contributed by atoms with Crippen molar-refractivity contribution < 1.29 is 4.74 Å². The molecule has 1 saturated heterocycles. The molecule has 1 aromatic carbocycles. The van der Waals surface area contributed by atoms with Crippen LogP contribution >= 0.6 is 0 Å². The lowest BCUT2D eigenvalue weighted by molar-refractivity contribution is 0.134. The maximum Gasteiger partial charge on any atom is 0.119 e. The Morgan fingerprint density at radius 1 is 1.24 bits per heavy atom. The maximum atomic E-state index is 5.50. The zero-order valence-corrected chi connectivity index (χ0v) is 14.0. The summed E-state index contributed by atoms with van der Waals surface area (Å²) in [6.07, 6.45) is 2.57. The fraction of sp³-hybridized carbons (Fsp3) is 0.667. The molecule has 1 aromatic rings. The van der Waals surface area contributed by atoms with Gasteiger partial charge in [-0.2, -0.15) is 0 Å². The van der Waals surface area contributed by atoms with E-state index in [9.17, 15) is 0 Å². The molecular weight excluding hydrogens is 260 g/mol. The molecule has 1 N–H and O–H groups in total. The summed E-state index contributed by atoms with van der Waals surface area (Å²) >= 11 is 0. The molecular formula is C18H30N2O. The molecule has 1 unspecified atom stereocenters. The SMILES string of the molecule is CCOc1ccc(C(C)NCC2(C)CCN(C)CC2)cc1. The fourth-order valence-corrected chi connectivity index (χ4v) is 2.87. The van der Waals surface area contributed by atoms with Gasteiger partial charge in [-0.05, 0) is 69.9 Å². The van der Waals surface area contributed by atoms with Crippen molar-refractivity contribution in [1.82, 2.24) is 10.2 Å². The average molecular weight is 290 g/mol. The first kappa shape index (κ1) is 16.3. The van der Waals surface area contributed by atoms with E-state index in [1.165, 1.54) is 31.5 Å². The minimum atomic E-state index is 0.386. The van der Waals surface area contributed by atoms with Gasteiger partial charge in [0, 0.05) is 12.6 Å². The first-order valence-electron chi connectivity index (χ1n) is 8.17. The molecule has 0 aliphatic carbocycles. The van der Waals surface area contributed by atoms with Gasteiger partial charge in [0.05, 0.1) is 6.61 Å². The van der Waals surface area contributed by atoms with E-state index in [-0.39, 0.29) is 0 Å². The first-order chi connectivity index (χ1) is 10.0. The van der Waals surface area contributed by atoms with Crippen molar-refractivity contribution in [2.24, 2.45) is 5.41 Å². The Balaban J connectivity index is 1.85. The van der Waals surface area contributed by atoms with Gasteiger partial charge in [-0.1, -0.05) is 19.1 Å². The predicted octanol–water partition coefficient (Wildman–Crippen LogP) is 3.47. The summed E-state index contributed by atoms with van der Waals surface area (Å²) in [5.41, 5.74) is 1.77. The van der Waals surface area contributed by atoms with Crippen molar-refractivity contribution >= 4 is 0 Å². The molecule has 3 heteroatoms. The number of likely N-dealkylation sites (tertiary alicyclic amines) is 1. The smallest absolute Gasteiger partial charge is 0.119 e. The molecule has 0 bridgehead atoms. The van der Waals surface area contributed by atoms with E-state index in [1.54, 1.807) is 0 Å². The van der Waals surface area contributed by atoms with Crippen LogP contribution in [-0.2, 0) is 0 Å². The van der Waals surface area contributed by atoms with Crippen LogP contribution < -0.4 is 10.1 Å². The van der Waals surface area contributed by atoms with Crippen LogP contribution in [0.4, 0.5) is 0 Å². The average Bonchev–Trinajstić information content (AvgIpc) is 2.49. The van der Waals surface area contributed by atoms with Gasteiger partial charge in [0.1, 0.15) is 5.75 Å². The molecule has 118 valence electrons. The number of hydrogen-bond donors (Lipinski definition) is 1. The summed E-state index contributed by atoms with van der Waals surface area (Å²) in [5.74, 6) is 0.954. The fourth-order valence-electron chi connectivity index (χ4n) is 2.87. The van der Waals surface area contributed by atoms with E-state index in [0.717, 1.165) is 18.9 Å². The molecule has 0 radical (unpaired) electrons. The number of nitrogens with zero attached hydrogens (tertiary/aromatic N) is 1. The highest BCUT2D eigenvalue weighted by molar-refractivity contribution is 5.28. The van der Waals surface area contributed by atoms with Crippen LogP contribution in [0.1, 0.15) is 45.2 Å². The van der Waals surface area contributed by atoms with Gasteiger partial charge in [-0.25, -0.2) is 0 Å². The van der Waals surface area contributed by atoms with Gasteiger partial charge in [0.2, 0.25) is 0 Å². The minimum absolute atomic E-state index is 0.386. The maximum absolute atomic E-state index is 5.50. The van der Waals surface area contributed by atoms with Crippen molar-refractivity contribution in [3.8, 4) is 5.75 Å². The third kappa shape index (κ3) is 4.72. The van der Waals surface area contributed by atoms with Crippen molar-refractivity contribution in [2.45, 2.75) is 39.7 Å². The highest BCUT2D eigenvalue weighted by atomic mass is 16.5. The topological polar surface area (TPSA) is 24.5 Å². The lowest BCUT2D eigenvalue weighted by atomic mass is 9.80. The summed E-state index contributed by atoms with van der Waals surface area (Å²) in [6, 6.07) is 8.85. The summed E-state index contributed by atoms with van der Waals surface area (Å²) in [7, 11) is 2.22. The first-order valence-corrected chi connectivity index (χ1v) is 8.17. The lowest BCUT2D eigenvalue weighted by Gasteiger charge is -2.38. The standard InChI is InChI=1S/C18H30N2O/c1-5-21-17-8-6-16(7-9-17)15(2)19-14-18(3)10-12-20(4)13-11-18/h6-9,15,19H,5,10-14H2,1-4H3. The van der Waals surface area contributed by atoms with Crippen LogP contribution in [0.15, 0.2) is 24.3 Å². The number of rotatable bonds is 6. The van der Waals surface area contributed by atoms with E-state index in [0.29, 0.717) is 11.5 Å². The lowest BCUT2D eigenvalue weighted by Crippen LogP contribution is -2.42. The summed E-state index contributed by atoms with van der Waals surface area (Å²) in [4.78, 5) is 2.43. The molecule has 1 atom stereocenters. The van der Waals surface area contributed by atoms with Crippen LogP contribution in [-0.4, -0.2) is 38.2 Å². The number of nitrogens with one attached hydrogen (secondary N) is 1. The largest absolute Gasteiger partial charge is 0.494 e. The Hall–Kier alpha value is -1.06. The van der Waals surface area contributed by atoms with Gasteiger partial charge in [0.15, 0.2) is 0 Å². The van der Waals surface area contributed by atoms with Gasteiger partial charge >= 0.3 is 0 Å². The Bertz CT molecular complexity index is 421. The van der Waals surface area contributed by atoms with E-state index < -0.39 is 0 Å². The predicted molar refractivity (Wildman–Crippen MR) is 88.9 cm³/mol. The van der Waals surface area contributed by atoms with E-state index in [1.807, 2.05) is 6.92 Å². The molecule has 1 fully saturated rings. The van der Waals surface area contributed by atoms with E-state index in [2.05, 4.69) is 55.4 Å². The zero-order valence-electron chi connectivity index (χ0n) is 14.0. The molecule has 0 spiro atoms. The number of piperidine rings is 1. The third-order valence-electron chi connectivity index (χ3n) is 4.72. The van der Waals surface area contributed by atoms with Crippen molar-refractivity contribution in [1.29, 1.82) is 0 Å². The Morgan fingerprint density at radius 2 is 1.86 bits per heavy atom. The highest BCUT2D eigenvalue weighted by Crippen LogP contribution is 2.30. The number of benzene rings is 1. The van der Waals surface area contributed by atoms with Crippen LogP contribution in [0.5, 0.6) is 5.75 Å². The molecule has 0 aromatic heterocycles. The molecule has 0 amide bonds. The molecule has 21 heavy (non-hydrogen) atoms. The van der Waals surface area contributed by atoms with Crippen LogP contribution in [0.25, 0.3) is 0 Å². The normalized spacial score (nSPS) is 20.2. The summed E-state index contributed by atoms with van der Waals surface area (Å²) < 4.78 is 5.50. The van der Waals surface area contributed by atoms with Crippen LogP contribution in [0.3, 0.4) is 0 Å². The van der Waals surface area contributed by atoms with Crippen LogP contribution in [0, 0.1) is 5.41 Å². The Kier molecular flexibility index (Phi) is 5.65. The molecule has 1 aliphatic heterocycles. The zero-order chi connectivity index (χ0) is 15.3. The van der Waals surface area contributed by atoms with Gasteiger partial charge in [-0.3, -0.25) is 0 Å². The molecule has 2 rings (SSSR count). The van der Waals surface area contributed by atoms with Gasteiger partial charge in [-0.15, -0.1) is 0 Å². The van der Waals surface area contributed by atoms with E-state index >= 15 is 0 Å². The van der Waals surface area contributed by atoms with E-state index in [4.69, 9.17) is 4.74 Å². The number of hydrogen-bond acceptors (Lipinski definition) is 3. The second kappa shape index (κ2) is 7.28. The Morgan fingerprint density at radius 3 is 2.43 bits per heavy atom. The second-order valence-electron chi connectivity index (χ2n) is 6.72. The van der Waals surface area contributed by atoms with Gasteiger partial charge in [0.25, 0.3) is 0 Å². The third-order valence-corrected chi connectivity index (χ3v) is 4.72. The molecule has 1 aliphatic rings. The molecule has 3 nitrogen and oxygen atoms in total. The van der Waals surface area contributed by atoms with Crippen molar-refractivity contribution in [3.05, 3.63) is 29.8 Å². The minimum Gasteiger partial charge on any atom is -0.494 e. The highest BCUT2D eigenvalue weighted by Gasteiger charge is 2.28. The van der Waals surface area contributed by atoms with Crippen LogP contribution in [0.2, 0.25) is 0 Å². The molecule has 0 saturated carbocycles. The summed E-state index contributed by atoms with van der Waals surface area (Å²) in [6.45, 7) is 10.9. The Labute approximate surface area is 129 Å². The number of ether oxygens (including phenoxy) is 1. The monoisotopic (exact) mass is 290 g/mol. The molecule has 1 heterocycles. The second-order valence-corrected chi connectivity index (χ2v) is 6.72. The van der Waals surface area contributed by atoms with Crippen molar-refractivity contribution in [3.63, 3.8) is 0 Å². The van der Waals surface area contributed by atoms with Crippen molar-refractivity contribution in [2.75, 3.05) is 33.3 Å². The summed E-state index contributed by atoms with van der Waals surface area (Å²) in [5, 5.41) is 3.72. The quantitative estimate of drug-likeness (QED) is 0.868.